The van der Waals surface area contributed by atoms with Crippen molar-refractivity contribution < 1.29 is 14.7 Å². The Morgan fingerprint density at radius 3 is 2.86 bits per heavy atom. The standard InChI is InChI=1S/C10H15NO3/c12-9-2-1-8-6-11(10(13)14)4-3-7(8)5-9/h7-8H,1-6H2,(H,13,14)/t7-,8+/m0/s1. The summed E-state index contributed by atoms with van der Waals surface area (Å²) in [7, 11) is 0. The van der Waals surface area contributed by atoms with Crippen LogP contribution >= 0.6 is 0 Å². The summed E-state index contributed by atoms with van der Waals surface area (Å²) >= 11 is 0. The van der Waals surface area contributed by atoms with Crippen LogP contribution in [-0.4, -0.2) is 35.0 Å². The highest BCUT2D eigenvalue weighted by atomic mass is 16.4. The van der Waals surface area contributed by atoms with Gasteiger partial charge in [0.2, 0.25) is 0 Å². The number of likely N-dealkylation sites (tertiary alicyclic amines) is 1. The lowest BCUT2D eigenvalue weighted by Crippen LogP contribution is -2.45. The molecule has 0 spiro atoms. The smallest absolute Gasteiger partial charge is 0.407 e. The van der Waals surface area contributed by atoms with Crippen LogP contribution in [0.15, 0.2) is 0 Å². The van der Waals surface area contributed by atoms with E-state index in [1.165, 1.54) is 4.90 Å². The van der Waals surface area contributed by atoms with Gasteiger partial charge in [-0.3, -0.25) is 4.79 Å². The van der Waals surface area contributed by atoms with Crippen LogP contribution in [0.1, 0.15) is 25.7 Å². The van der Waals surface area contributed by atoms with Crippen molar-refractivity contribution in [1.29, 1.82) is 0 Å². The van der Waals surface area contributed by atoms with Gasteiger partial charge in [0, 0.05) is 25.9 Å². The van der Waals surface area contributed by atoms with Crippen LogP contribution in [-0.2, 0) is 4.79 Å². The Morgan fingerprint density at radius 2 is 2.14 bits per heavy atom. The fourth-order valence-corrected chi connectivity index (χ4v) is 2.59. The SMILES string of the molecule is O=C1CC[C@@H]2CN(C(=O)O)CC[C@H]2C1. The van der Waals surface area contributed by atoms with E-state index < -0.39 is 6.09 Å². The Balaban J connectivity index is 1.98. The zero-order valence-corrected chi connectivity index (χ0v) is 8.11. The van der Waals surface area contributed by atoms with E-state index in [0.29, 0.717) is 43.6 Å². The Hall–Kier alpha value is -1.06. The number of carboxylic acid groups (broad SMARTS) is 1. The quantitative estimate of drug-likeness (QED) is 0.637. The van der Waals surface area contributed by atoms with Crippen LogP contribution in [0.2, 0.25) is 0 Å². The molecule has 0 aromatic rings. The predicted octanol–water partition coefficient (Wildman–Crippen LogP) is 1.36. The van der Waals surface area contributed by atoms with Gasteiger partial charge in [0.05, 0.1) is 0 Å². The molecule has 0 radical (unpaired) electrons. The molecule has 4 nitrogen and oxygen atoms in total. The summed E-state index contributed by atoms with van der Waals surface area (Å²) in [4.78, 5) is 23.4. The van der Waals surface area contributed by atoms with Crippen molar-refractivity contribution in [2.24, 2.45) is 11.8 Å². The summed E-state index contributed by atoms with van der Waals surface area (Å²) in [5, 5.41) is 8.84. The van der Waals surface area contributed by atoms with Crippen molar-refractivity contribution in [2.45, 2.75) is 25.7 Å². The number of amides is 1. The number of Topliss-reactive ketones (excluding diaryl/α,β-unsaturated/α-hetero) is 1. The molecule has 0 unspecified atom stereocenters. The summed E-state index contributed by atoms with van der Waals surface area (Å²) in [6, 6.07) is 0. The summed E-state index contributed by atoms with van der Waals surface area (Å²) in [5.41, 5.74) is 0. The van der Waals surface area contributed by atoms with Crippen LogP contribution in [0, 0.1) is 11.8 Å². The first-order valence-corrected chi connectivity index (χ1v) is 5.16. The molecule has 0 aromatic carbocycles. The van der Waals surface area contributed by atoms with Gasteiger partial charge >= 0.3 is 6.09 Å². The Kier molecular flexibility index (Phi) is 2.44. The van der Waals surface area contributed by atoms with Crippen LogP contribution in [0.3, 0.4) is 0 Å². The number of carbonyl (C=O) groups is 2. The zero-order valence-electron chi connectivity index (χ0n) is 8.11. The highest BCUT2D eigenvalue weighted by Crippen LogP contribution is 2.34. The predicted molar refractivity (Wildman–Crippen MR) is 50.1 cm³/mol. The van der Waals surface area contributed by atoms with E-state index in [0.717, 1.165) is 12.8 Å². The normalized spacial score (nSPS) is 32.6. The van der Waals surface area contributed by atoms with Crippen molar-refractivity contribution in [3.8, 4) is 0 Å². The molecular weight excluding hydrogens is 182 g/mol. The van der Waals surface area contributed by atoms with Gasteiger partial charge < -0.3 is 10.0 Å². The van der Waals surface area contributed by atoms with Gasteiger partial charge in [-0.15, -0.1) is 0 Å². The summed E-state index contributed by atoms with van der Waals surface area (Å²) in [6.45, 7) is 1.23. The Bertz CT molecular complexity index is 264. The lowest BCUT2D eigenvalue weighted by molar-refractivity contribution is -0.123. The zero-order chi connectivity index (χ0) is 10.1. The average Bonchev–Trinajstić information content (AvgIpc) is 2.16. The molecule has 2 fully saturated rings. The third kappa shape index (κ3) is 1.74. The van der Waals surface area contributed by atoms with Crippen molar-refractivity contribution >= 4 is 11.9 Å². The molecule has 1 N–H and O–H groups in total. The molecule has 4 heteroatoms. The topological polar surface area (TPSA) is 57.6 Å². The fourth-order valence-electron chi connectivity index (χ4n) is 2.59. The molecule has 1 heterocycles. The first-order chi connectivity index (χ1) is 6.66. The van der Waals surface area contributed by atoms with Crippen LogP contribution < -0.4 is 0 Å². The maximum atomic E-state index is 11.2. The largest absolute Gasteiger partial charge is 0.465 e. The van der Waals surface area contributed by atoms with Gasteiger partial charge in [0.25, 0.3) is 0 Å². The molecule has 14 heavy (non-hydrogen) atoms. The molecule has 1 saturated carbocycles. The number of piperidine rings is 1. The number of carbonyl (C=O) groups excluding carboxylic acids is 1. The van der Waals surface area contributed by atoms with Crippen LogP contribution in [0.5, 0.6) is 0 Å². The highest BCUT2D eigenvalue weighted by Gasteiger charge is 2.35. The maximum absolute atomic E-state index is 11.2. The van der Waals surface area contributed by atoms with Gasteiger partial charge in [0.1, 0.15) is 5.78 Å². The molecular formula is C10H15NO3. The molecule has 2 rings (SSSR count). The van der Waals surface area contributed by atoms with Crippen molar-refractivity contribution in [3.63, 3.8) is 0 Å². The maximum Gasteiger partial charge on any atom is 0.407 e. The average molecular weight is 197 g/mol. The molecule has 2 aliphatic rings. The lowest BCUT2D eigenvalue weighted by atomic mass is 9.75. The molecule has 78 valence electrons. The van der Waals surface area contributed by atoms with E-state index in [-0.39, 0.29) is 0 Å². The van der Waals surface area contributed by atoms with Gasteiger partial charge in [-0.25, -0.2) is 4.79 Å². The number of hydrogen-bond acceptors (Lipinski definition) is 2. The molecule has 1 aliphatic carbocycles. The number of hydrogen-bond donors (Lipinski definition) is 1. The number of fused-ring (bicyclic) bond motifs is 1. The lowest BCUT2D eigenvalue weighted by Gasteiger charge is -2.39. The molecule has 2 atom stereocenters. The Morgan fingerprint density at radius 1 is 1.36 bits per heavy atom. The van der Waals surface area contributed by atoms with E-state index in [4.69, 9.17) is 5.11 Å². The van der Waals surface area contributed by atoms with Crippen LogP contribution in [0.4, 0.5) is 4.79 Å². The Labute approximate surface area is 82.9 Å². The molecule has 1 aliphatic heterocycles. The van der Waals surface area contributed by atoms with Crippen molar-refractivity contribution in [3.05, 3.63) is 0 Å². The molecule has 1 amide bonds. The molecule has 0 aromatic heterocycles. The van der Waals surface area contributed by atoms with E-state index in [1.807, 2.05) is 0 Å². The van der Waals surface area contributed by atoms with E-state index >= 15 is 0 Å². The summed E-state index contributed by atoms with van der Waals surface area (Å²) in [6.07, 6.45) is 2.25. The minimum atomic E-state index is -0.819. The first-order valence-electron chi connectivity index (χ1n) is 5.16. The molecule has 0 bridgehead atoms. The number of rotatable bonds is 0. The van der Waals surface area contributed by atoms with Gasteiger partial charge in [-0.1, -0.05) is 0 Å². The minimum Gasteiger partial charge on any atom is -0.465 e. The third-order valence-electron chi connectivity index (χ3n) is 3.45. The van der Waals surface area contributed by atoms with Crippen LogP contribution in [0.25, 0.3) is 0 Å². The van der Waals surface area contributed by atoms with E-state index in [9.17, 15) is 9.59 Å². The second kappa shape index (κ2) is 3.59. The number of ketones is 1. The summed E-state index contributed by atoms with van der Waals surface area (Å²) in [5.74, 6) is 1.24. The molecule has 1 saturated heterocycles. The summed E-state index contributed by atoms with van der Waals surface area (Å²) < 4.78 is 0. The highest BCUT2D eigenvalue weighted by molar-refractivity contribution is 5.79. The van der Waals surface area contributed by atoms with Crippen molar-refractivity contribution in [1.82, 2.24) is 4.90 Å². The first kappa shape index (κ1) is 9.49. The number of nitrogens with zero attached hydrogens (tertiary/aromatic N) is 1. The second-order valence-electron chi connectivity index (χ2n) is 4.32. The second-order valence-corrected chi connectivity index (χ2v) is 4.32. The minimum absolute atomic E-state index is 0.357. The fraction of sp³-hybridized carbons (Fsp3) is 0.800. The van der Waals surface area contributed by atoms with Gasteiger partial charge in [-0.05, 0) is 24.7 Å². The van der Waals surface area contributed by atoms with Crippen molar-refractivity contribution in [2.75, 3.05) is 13.1 Å². The monoisotopic (exact) mass is 197 g/mol. The van der Waals surface area contributed by atoms with Gasteiger partial charge in [0.15, 0.2) is 0 Å². The van der Waals surface area contributed by atoms with E-state index in [2.05, 4.69) is 0 Å². The van der Waals surface area contributed by atoms with E-state index in [1.54, 1.807) is 0 Å². The van der Waals surface area contributed by atoms with Gasteiger partial charge in [-0.2, -0.15) is 0 Å². The third-order valence-corrected chi connectivity index (χ3v) is 3.45.